The zero-order chi connectivity index (χ0) is 23.9. The summed E-state index contributed by atoms with van der Waals surface area (Å²) in [6.07, 6.45) is 4.20. The second kappa shape index (κ2) is 11.6. The highest BCUT2D eigenvalue weighted by Gasteiger charge is 2.21. The third-order valence-electron chi connectivity index (χ3n) is 6.62. The lowest BCUT2D eigenvalue weighted by molar-refractivity contribution is 0.0948. The number of amides is 1. The fraction of sp³-hybridized carbons (Fsp3) is 0.444. The fourth-order valence-electron chi connectivity index (χ4n) is 4.62. The number of ether oxygens (including phenoxy) is 1. The van der Waals surface area contributed by atoms with Crippen LogP contribution in [0, 0.1) is 0 Å². The van der Waals surface area contributed by atoms with Gasteiger partial charge in [-0.3, -0.25) is 9.69 Å². The molecule has 1 aliphatic rings. The summed E-state index contributed by atoms with van der Waals surface area (Å²) < 4.78 is 5.60. The average molecular weight is 483 g/mol. The number of benzene rings is 2. The molecule has 0 spiro atoms. The first kappa shape index (κ1) is 24.4. The molecule has 1 aromatic heterocycles. The molecule has 7 heteroatoms. The Hall–Kier alpha value is -2.70. The predicted octanol–water partition coefficient (Wildman–Crippen LogP) is 5.11. The Balaban J connectivity index is 1.15. The molecule has 0 unspecified atom stereocenters. The topological polar surface area (TPSA) is 60.6 Å². The summed E-state index contributed by atoms with van der Waals surface area (Å²) in [4.78, 5) is 20.5. The second-order valence-electron chi connectivity index (χ2n) is 8.90. The lowest BCUT2D eigenvalue weighted by Crippen LogP contribution is -2.46. The number of methoxy groups -OCH3 is 1. The molecular weight excluding hydrogens is 448 g/mol. The number of aryl methyl sites for hydroxylation is 1. The first-order chi connectivity index (χ1) is 16.6. The number of halogens is 1. The van der Waals surface area contributed by atoms with E-state index in [-0.39, 0.29) is 5.91 Å². The molecule has 0 saturated carbocycles. The lowest BCUT2D eigenvalue weighted by atomic mass is 10.1. The van der Waals surface area contributed by atoms with E-state index in [1.165, 1.54) is 5.56 Å². The number of H-pyrrole nitrogens is 1. The van der Waals surface area contributed by atoms with Crippen LogP contribution in [0.25, 0.3) is 10.9 Å². The van der Waals surface area contributed by atoms with Crippen LogP contribution in [0.3, 0.4) is 0 Å². The van der Waals surface area contributed by atoms with Crippen LogP contribution < -0.4 is 15.0 Å². The highest BCUT2D eigenvalue weighted by molar-refractivity contribution is 6.32. The Bertz CT molecular complexity index is 1070. The number of carbonyl (C=O) groups is 1. The molecule has 0 bridgehead atoms. The summed E-state index contributed by atoms with van der Waals surface area (Å²) in [5.41, 5.74) is 3.96. The van der Waals surface area contributed by atoms with E-state index in [1.54, 1.807) is 7.11 Å². The molecule has 1 amide bonds. The van der Waals surface area contributed by atoms with Crippen LogP contribution in [-0.2, 0) is 6.42 Å². The Morgan fingerprint density at radius 2 is 1.88 bits per heavy atom. The van der Waals surface area contributed by atoms with E-state index in [1.807, 2.05) is 36.4 Å². The summed E-state index contributed by atoms with van der Waals surface area (Å²) in [5, 5.41) is 4.79. The van der Waals surface area contributed by atoms with Gasteiger partial charge >= 0.3 is 0 Å². The van der Waals surface area contributed by atoms with Gasteiger partial charge in [0.05, 0.1) is 17.8 Å². The predicted molar refractivity (Wildman–Crippen MR) is 141 cm³/mol. The first-order valence-corrected chi connectivity index (χ1v) is 12.7. The Kier molecular flexibility index (Phi) is 8.35. The maximum Gasteiger partial charge on any atom is 0.267 e. The number of aromatic amines is 1. The minimum absolute atomic E-state index is 0.0324. The largest absolute Gasteiger partial charge is 0.493 e. The summed E-state index contributed by atoms with van der Waals surface area (Å²) in [6, 6.07) is 14.1. The fourth-order valence-corrected chi connectivity index (χ4v) is 4.93. The third kappa shape index (κ3) is 5.86. The number of rotatable bonds is 10. The number of para-hydroxylation sites is 1. The number of nitrogens with one attached hydrogen (secondary N) is 2. The van der Waals surface area contributed by atoms with Crippen LogP contribution >= 0.6 is 11.6 Å². The van der Waals surface area contributed by atoms with Crippen LogP contribution in [0.4, 0.5) is 5.69 Å². The number of unbranched alkanes of at least 4 members (excludes halogenated alkanes) is 2. The number of aromatic nitrogens is 1. The minimum atomic E-state index is -0.0324. The molecule has 1 saturated heterocycles. The maximum atomic E-state index is 12.4. The molecule has 2 N–H and O–H groups in total. The number of carbonyl (C=O) groups excluding carboxylic acids is 1. The standard InChI is InChI=1S/C27H35ClN4O2/c1-3-20-17-22(28)26(34-2)25(18-20)32-15-13-31(14-16-32)12-8-4-7-11-29-27(33)24-19-21-9-5-6-10-23(21)30-24/h5-6,9-10,17-19,30H,3-4,7-8,11-16H2,1-2H3,(H,29,33). The number of hydrogen-bond acceptors (Lipinski definition) is 4. The number of fused-ring (bicyclic) bond motifs is 1. The number of anilines is 1. The SMILES string of the molecule is CCc1cc(Cl)c(OC)c(N2CCN(CCCCCNC(=O)c3cc4ccccc4[nH]3)CC2)c1. The van der Waals surface area contributed by atoms with Crippen LogP contribution in [0.15, 0.2) is 42.5 Å². The van der Waals surface area contributed by atoms with Gasteiger partial charge in [0, 0.05) is 43.6 Å². The van der Waals surface area contributed by atoms with Gasteiger partial charge in [-0.25, -0.2) is 0 Å². The van der Waals surface area contributed by atoms with Crippen molar-refractivity contribution in [3.05, 3.63) is 58.7 Å². The van der Waals surface area contributed by atoms with Gasteiger partial charge in [0.15, 0.2) is 5.75 Å². The van der Waals surface area contributed by atoms with Gasteiger partial charge < -0.3 is 19.9 Å². The van der Waals surface area contributed by atoms with Crippen LogP contribution in [0.5, 0.6) is 5.75 Å². The van der Waals surface area contributed by atoms with Crippen molar-refractivity contribution in [2.75, 3.05) is 51.3 Å². The van der Waals surface area contributed by atoms with E-state index >= 15 is 0 Å². The Morgan fingerprint density at radius 1 is 1.09 bits per heavy atom. The minimum Gasteiger partial charge on any atom is -0.493 e. The van der Waals surface area contributed by atoms with Crippen molar-refractivity contribution in [2.45, 2.75) is 32.6 Å². The maximum absolute atomic E-state index is 12.4. The number of piperazine rings is 1. The van der Waals surface area contributed by atoms with Crippen LogP contribution in [0.2, 0.25) is 5.02 Å². The molecule has 4 rings (SSSR count). The molecule has 0 aliphatic carbocycles. The van der Waals surface area contributed by atoms with Gasteiger partial charge in [0.2, 0.25) is 0 Å². The zero-order valence-corrected chi connectivity index (χ0v) is 21.0. The Morgan fingerprint density at radius 3 is 2.62 bits per heavy atom. The van der Waals surface area contributed by atoms with Crippen LogP contribution in [0.1, 0.15) is 42.2 Å². The second-order valence-corrected chi connectivity index (χ2v) is 9.31. The van der Waals surface area contributed by atoms with Gasteiger partial charge in [-0.1, -0.05) is 43.1 Å². The van der Waals surface area contributed by atoms with Crippen molar-refractivity contribution in [1.82, 2.24) is 15.2 Å². The van der Waals surface area contributed by atoms with E-state index in [4.69, 9.17) is 16.3 Å². The number of nitrogens with zero attached hydrogens (tertiary/aromatic N) is 2. The van der Waals surface area contributed by atoms with Gasteiger partial charge in [-0.05, 0) is 55.6 Å². The summed E-state index contributed by atoms with van der Waals surface area (Å²) >= 11 is 6.45. The van der Waals surface area contributed by atoms with E-state index in [2.05, 4.69) is 33.1 Å². The summed E-state index contributed by atoms with van der Waals surface area (Å²) in [5.74, 6) is 0.747. The number of hydrogen-bond donors (Lipinski definition) is 2. The molecule has 3 aromatic rings. The van der Waals surface area contributed by atoms with Crippen LogP contribution in [-0.4, -0.2) is 62.2 Å². The van der Waals surface area contributed by atoms with E-state index < -0.39 is 0 Å². The molecular formula is C27H35ClN4O2. The monoisotopic (exact) mass is 482 g/mol. The average Bonchev–Trinajstić information content (AvgIpc) is 3.30. The smallest absolute Gasteiger partial charge is 0.267 e. The van der Waals surface area contributed by atoms with E-state index in [0.29, 0.717) is 17.3 Å². The lowest BCUT2D eigenvalue weighted by Gasteiger charge is -2.37. The van der Waals surface area contributed by atoms with E-state index in [0.717, 1.165) is 80.7 Å². The van der Waals surface area contributed by atoms with Gasteiger partial charge in [0.1, 0.15) is 5.69 Å². The van der Waals surface area contributed by atoms with Crippen molar-refractivity contribution >= 4 is 34.1 Å². The van der Waals surface area contributed by atoms with Crippen molar-refractivity contribution in [1.29, 1.82) is 0 Å². The van der Waals surface area contributed by atoms with Gasteiger partial charge in [0.25, 0.3) is 5.91 Å². The molecule has 34 heavy (non-hydrogen) atoms. The molecule has 6 nitrogen and oxygen atoms in total. The first-order valence-electron chi connectivity index (χ1n) is 12.3. The van der Waals surface area contributed by atoms with Crippen molar-refractivity contribution < 1.29 is 9.53 Å². The Labute approximate surface area is 207 Å². The highest BCUT2D eigenvalue weighted by atomic mass is 35.5. The van der Waals surface area contributed by atoms with Crippen molar-refractivity contribution in [3.63, 3.8) is 0 Å². The molecule has 182 valence electrons. The normalized spacial score (nSPS) is 14.5. The molecule has 0 radical (unpaired) electrons. The molecule has 1 aliphatic heterocycles. The van der Waals surface area contributed by atoms with Gasteiger partial charge in [-0.15, -0.1) is 0 Å². The van der Waals surface area contributed by atoms with E-state index in [9.17, 15) is 4.79 Å². The molecule has 2 heterocycles. The molecule has 0 atom stereocenters. The van der Waals surface area contributed by atoms with Crippen molar-refractivity contribution in [3.8, 4) is 5.75 Å². The van der Waals surface area contributed by atoms with Crippen molar-refractivity contribution in [2.24, 2.45) is 0 Å². The summed E-state index contributed by atoms with van der Waals surface area (Å²) in [7, 11) is 1.69. The highest BCUT2D eigenvalue weighted by Crippen LogP contribution is 2.37. The molecule has 1 fully saturated rings. The zero-order valence-electron chi connectivity index (χ0n) is 20.2. The van der Waals surface area contributed by atoms with Gasteiger partial charge in [-0.2, -0.15) is 0 Å². The molecule has 2 aromatic carbocycles. The quantitative estimate of drug-likeness (QED) is 0.394. The third-order valence-corrected chi connectivity index (χ3v) is 6.90. The summed E-state index contributed by atoms with van der Waals surface area (Å²) in [6.45, 7) is 7.96.